The Morgan fingerprint density at radius 2 is 1.48 bits per heavy atom. The molecular formula is C46H57N4O10P. The number of methoxy groups -OCH3 is 2. The van der Waals surface area contributed by atoms with Crippen molar-refractivity contribution in [1.82, 2.24) is 14.2 Å². The van der Waals surface area contributed by atoms with Crippen molar-refractivity contribution in [3.8, 4) is 23.8 Å². The molecule has 1 N–H and O–H groups in total. The van der Waals surface area contributed by atoms with Gasteiger partial charge in [0.15, 0.2) is 6.23 Å². The first-order valence-electron chi connectivity index (χ1n) is 20.4. The summed E-state index contributed by atoms with van der Waals surface area (Å²) in [6.07, 6.45) is 4.31. The standard InChI is InChI=1S/C46H57N4O10P/c1-9-28-55-29-13-14-30-56-43-42(60-61(58-31-26-47-6)50(33(2)3)34(4)5)40(59-44(43)49-27-25-41(51)48-45(49)52)32-57-46(35-15-11-10-12-16-35,36-17-21-38(53-7)22-18-36)37-19-23-39(54-8)24-20-37/h1,10-12,15-25,27,33-34,40,42-44H,13-14,26,28-32H2,2-5,7-8H3,(H,48,51,52). The lowest BCUT2D eigenvalue weighted by atomic mass is 9.80. The number of aromatic amines is 1. The quantitative estimate of drug-likeness (QED) is 0.0258. The minimum Gasteiger partial charge on any atom is -0.497 e. The monoisotopic (exact) mass is 856 g/mol. The van der Waals surface area contributed by atoms with E-state index in [0.717, 1.165) is 16.7 Å². The average molecular weight is 857 g/mol. The number of terminal acetylenes is 1. The molecule has 1 fully saturated rings. The minimum atomic E-state index is -1.83. The van der Waals surface area contributed by atoms with Crippen LogP contribution >= 0.6 is 8.53 Å². The van der Waals surface area contributed by atoms with Crippen LogP contribution in [0.25, 0.3) is 4.85 Å². The van der Waals surface area contributed by atoms with E-state index in [1.807, 2.05) is 78.9 Å². The third kappa shape index (κ3) is 12.0. The van der Waals surface area contributed by atoms with Crippen LogP contribution in [0.3, 0.4) is 0 Å². The van der Waals surface area contributed by atoms with E-state index < -0.39 is 49.9 Å². The summed E-state index contributed by atoms with van der Waals surface area (Å²) >= 11 is 0. The van der Waals surface area contributed by atoms with Crippen LogP contribution in [0.15, 0.2) is 101 Å². The fraction of sp³-hybridized carbons (Fsp3) is 0.457. The summed E-state index contributed by atoms with van der Waals surface area (Å²) in [6.45, 7) is 16.8. The molecule has 1 aliphatic rings. The molecule has 1 aliphatic heterocycles. The lowest BCUT2D eigenvalue weighted by molar-refractivity contribution is -0.0978. The van der Waals surface area contributed by atoms with Gasteiger partial charge in [-0.1, -0.05) is 60.5 Å². The molecule has 0 amide bonds. The second kappa shape index (κ2) is 23.4. The van der Waals surface area contributed by atoms with E-state index in [1.165, 1.54) is 16.8 Å². The van der Waals surface area contributed by atoms with Crippen molar-refractivity contribution in [2.45, 2.75) is 82.8 Å². The van der Waals surface area contributed by atoms with Crippen LogP contribution in [0, 0.1) is 18.9 Å². The first-order valence-corrected chi connectivity index (χ1v) is 21.5. The Kier molecular flexibility index (Phi) is 18.1. The van der Waals surface area contributed by atoms with Crippen LogP contribution < -0.4 is 20.7 Å². The molecule has 0 aliphatic carbocycles. The second-order valence-electron chi connectivity index (χ2n) is 14.8. The Labute approximate surface area is 359 Å². The molecule has 0 saturated carbocycles. The first-order chi connectivity index (χ1) is 29.6. The zero-order chi connectivity index (χ0) is 43.8. The maximum Gasteiger partial charge on any atom is 0.330 e. The number of benzene rings is 3. The molecule has 1 saturated heterocycles. The molecular weight excluding hydrogens is 799 g/mol. The molecule has 5 unspecified atom stereocenters. The van der Waals surface area contributed by atoms with E-state index >= 15 is 0 Å². The molecule has 61 heavy (non-hydrogen) atoms. The number of nitrogens with zero attached hydrogens (tertiary/aromatic N) is 3. The fourth-order valence-electron chi connectivity index (χ4n) is 7.33. The number of H-pyrrole nitrogens is 1. The van der Waals surface area contributed by atoms with Gasteiger partial charge in [0.2, 0.25) is 6.54 Å². The highest BCUT2D eigenvalue weighted by Gasteiger charge is 2.51. The second-order valence-corrected chi connectivity index (χ2v) is 16.2. The molecule has 0 bridgehead atoms. The summed E-state index contributed by atoms with van der Waals surface area (Å²) < 4.78 is 54.4. The van der Waals surface area contributed by atoms with Crippen molar-refractivity contribution in [3.05, 3.63) is 140 Å². The van der Waals surface area contributed by atoms with E-state index in [-0.39, 0.29) is 45.1 Å². The largest absolute Gasteiger partial charge is 0.497 e. The summed E-state index contributed by atoms with van der Waals surface area (Å²) in [5.41, 5.74) is 0.0149. The fourth-order valence-corrected chi connectivity index (χ4v) is 9.09. The number of ether oxygens (including phenoxy) is 6. The summed E-state index contributed by atoms with van der Waals surface area (Å²) in [6, 6.07) is 26.5. The summed E-state index contributed by atoms with van der Waals surface area (Å²) in [4.78, 5) is 31.7. The number of unbranched alkanes of at least 4 members (excludes halogenated alkanes) is 1. The topological polar surface area (TPSA) is 136 Å². The Bertz CT molecular complexity index is 2080. The molecule has 15 heteroatoms. The van der Waals surface area contributed by atoms with Gasteiger partial charge in [0, 0.05) is 37.6 Å². The average Bonchev–Trinajstić information content (AvgIpc) is 3.59. The molecule has 2 heterocycles. The Balaban J connectivity index is 1.65. The predicted molar refractivity (Wildman–Crippen MR) is 233 cm³/mol. The lowest BCUT2D eigenvalue weighted by Crippen LogP contribution is -2.43. The number of nitrogens with one attached hydrogen (secondary N) is 1. The van der Waals surface area contributed by atoms with E-state index in [0.29, 0.717) is 30.9 Å². The maximum atomic E-state index is 13.5. The van der Waals surface area contributed by atoms with Crippen LogP contribution in [0.1, 0.15) is 63.5 Å². The van der Waals surface area contributed by atoms with Gasteiger partial charge in [-0.3, -0.25) is 14.3 Å². The van der Waals surface area contributed by atoms with Crippen LogP contribution in [0.4, 0.5) is 0 Å². The van der Waals surface area contributed by atoms with Crippen molar-refractivity contribution < 1.29 is 37.5 Å². The Morgan fingerprint density at radius 3 is 2.03 bits per heavy atom. The number of hydrogen-bond donors (Lipinski definition) is 1. The van der Waals surface area contributed by atoms with Gasteiger partial charge in [0.05, 0.1) is 20.8 Å². The van der Waals surface area contributed by atoms with Gasteiger partial charge in [0.25, 0.3) is 14.1 Å². The highest BCUT2D eigenvalue weighted by atomic mass is 31.2. The van der Waals surface area contributed by atoms with Crippen LogP contribution in [-0.2, 0) is 33.6 Å². The van der Waals surface area contributed by atoms with Gasteiger partial charge in [-0.15, -0.1) is 6.42 Å². The van der Waals surface area contributed by atoms with Crippen molar-refractivity contribution in [2.75, 3.05) is 53.8 Å². The van der Waals surface area contributed by atoms with Crippen molar-refractivity contribution >= 4 is 8.53 Å². The third-order valence-electron chi connectivity index (χ3n) is 10.1. The van der Waals surface area contributed by atoms with Crippen LogP contribution in [0.2, 0.25) is 0 Å². The predicted octanol–water partition coefficient (Wildman–Crippen LogP) is 6.94. The lowest BCUT2D eigenvalue weighted by Gasteiger charge is -2.39. The highest BCUT2D eigenvalue weighted by molar-refractivity contribution is 7.44. The molecule has 1 aromatic heterocycles. The molecule has 0 spiro atoms. The molecule has 3 aromatic carbocycles. The smallest absolute Gasteiger partial charge is 0.330 e. The van der Waals surface area contributed by atoms with E-state index in [2.05, 4.69) is 48.1 Å². The van der Waals surface area contributed by atoms with Gasteiger partial charge in [0.1, 0.15) is 48.6 Å². The highest BCUT2D eigenvalue weighted by Crippen LogP contribution is 2.51. The van der Waals surface area contributed by atoms with Gasteiger partial charge in [-0.25, -0.2) is 16.0 Å². The van der Waals surface area contributed by atoms with Gasteiger partial charge < -0.3 is 42.3 Å². The SMILES string of the molecule is [C-]#[N+]CCOP(OC1C(COC(c2ccccc2)(c2ccc(OC)cc2)c2ccc(OC)cc2)OC(n2ccc(=O)[nH]c2=O)C1OCCCCOCC#C)N(C(C)C)C(C)C. The molecule has 0 radical (unpaired) electrons. The zero-order valence-corrected chi connectivity index (χ0v) is 36.6. The van der Waals surface area contributed by atoms with Crippen LogP contribution in [0.5, 0.6) is 11.5 Å². The number of hydrogen-bond acceptors (Lipinski definition) is 11. The Hall–Kier alpha value is -4.86. The molecule has 14 nitrogen and oxygen atoms in total. The van der Waals surface area contributed by atoms with Crippen LogP contribution in [-0.4, -0.2) is 98.4 Å². The first kappa shape index (κ1) is 47.2. The zero-order valence-electron chi connectivity index (χ0n) is 35.7. The van der Waals surface area contributed by atoms with Crippen molar-refractivity contribution in [1.29, 1.82) is 0 Å². The maximum absolute atomic E-state index is 13.5. The molecule has 326 valence electrons. The van der Waals surface area contributed by atoms with Gasteiger partial charge in [-0.05, 0) is 81.5 Å². The third-order valence-corrected chi connectivity index (χ3v) is 12.2. The number of rotatable bonds is 24. The summed E-state index contributed by atoms with van der Waals surface area (Å²) in [7, 11) is 1.41. The molecule has 4 aromatic rings. The van der Waals surface area contributed by atoms with Crippen molar-refractivity contribution in [3.63, 3.8) is 0 Å². The molecule has 5 rings (SSSR count). The normalized spacial score (nSPS) is 18.3. The molecule has 5 atom stereocenters. The van der Waals surface area contributed by atoms with Gasteiger partial charge >= 0.3 is 5.69 Å². The Morgan fingerprint density at radius 1 is 0.869 bits per heavy atom. The summed E-state index contributed by atoms with van der Waals surface area (Å²) in [5.74, 6) is 3.83. The summed E-state index contributed by atoms with van der Waals surface area (Å²) in [5, 5.41) is 0. The van der Waals surface area contributed by atoms with Gasteiger partial charge in [-0.2, -0.15) is 0 Å². The van der Waals surface area contributed by atoms with E-state index in [4.69, 9.17) is 50.5 Å². The number of aromatic nitrogens is 2. The van der Waals surface area contributed by atoms with E-state index in [9.17, 15) is 9.59 Å². The van der Waals surface area contributed by atoms with Crippen molar-refractivity contribution in [2.24, 2.45) is 0 Å². The van der Waals surface area contributed by atoms with E-state index in [1.54, 1.807) is 14.2 Å². The minimum absolute atomic E-state index is 0.00746.